The Labute approximate surface area is 391 Å². The van der Waals surface area contributed by atoms with E-state index >= 15 is 0 Å². The van der Waals surface area contributed by atoms with Crippen LogP contribution >= 0.6 is 7.26 Å². The van der Waals surface area contributed by atoms with E-state index < -0.39 is 7.26 Å². The van der Waals surface area contributed by atoms with E-state index in [0.29, 0.717) is 5.91 Å². The van der Waals surface area contributed by atoms with Crippen molar-refractivity contribution in [1.29, 1.82) is 0 Å². The summed E-state index contributed by atoms with van der Waals surface area (Å²) >= 11 is 0. The molecular weight excluding hydrogens is 770 g/mol. The predicted octanol–water partition coefficient (Wildman–Crippen LogP) is 19.7. The molecular formula is C59H110NOP. The fraction of sp³-hybridized carbons (Fsp3) is 0.780. The third-order valence-corrected chi connectivity index (χ3v) is 16.1. The van der Waals surface area contributed by atoms with Crippen molar-refractivity contribution in [2.24, 2.45) is 0 Å². The quantitative estimate of drug-likeness (QED) is 0.0339. The first-order valence-corrected chi connectivity index (χ1v) is 31.1. The smallest absolute Gasteiger partial charge is 0.0882 e. The van der Waals surface area contributed by atoms with Crippen molar-refractivity contribution in [3.63, 3.8) is 0 Å². The molecule has 0 bridgehead atoms. The van der Waals surface area contributed by atoms with Crippen LogP contribution in [0.5, 0.6) is 0 Å². The average Bonchev–Trinajstić information content (AvgIpc) is 3.26. The van der Waals surface area contributed by atoms with Gasteiger partial charge in [-0.3, -0.25) is 0 Å². The van der Waals surface area contributed by atoms with Crippen LogP contribution in [0.3, 0.4) is 0 Å². The fourth-order valence-electron chi connectivity index (χ4n) is 8.36. The first-order valence-electron chi connectivity index (χ1n) is 27.6. The van der Waals surface area contributed by atoms with Crippen LogP contribution in [-0.2, 0) is 4.79 Å². The number of allylic oxidation sites excluding steroid dienone is 12. The van der Waals surface area contributed by atoms with Gasteiger partial charge in [0.25, 0.3) is 0 Å². The van der Waals surface area contributed by atoms with Crippen molar-refractivity contribution in [1.82, 2.24) is 4.90 Å². The molecule has 1 amide bonds. The summed E-state index contributed by atoms with van der Waals surface area (Å²) in [6.07, 6.45) is 77.8. The molecule has 0 unspecified atom stereocenters. The SMILES string of the molecule is CCCCC/C=C\C/C=C\CCCCCCCCN(CCC[PH](C)(C)CCCCCCCC/C=C\C/C=C\CCCCC)C(=O)CCCCCCC/C=C\C/C=C\CCCCC. The molecule has 0 aliphatic heterocycles. The molecule has 0 aromatic carbocycles. The van der Waals surface area contributed by atoms with Crippen molar-refractivity contribution >= 4 is 13.2 Å². The number of hydrogen-bond acceptors (Lipinski definition) is 1. The Balaban J connectivity index is 4.44. The Morgan fingerprint density at radius 1 is 0.339 bits per heavy atom. The molecule has 0 aliphatic carbocycles. The monoisotopic (exact) mass is 880 g/mol. The van der Waals surface area contributed by atoms with E-state index in [0.717, 1.165) is 45.2 Å². The summed E-state index contributed by atoms with van der Waals surface area (Å²) in [7, 11) is -1.22. The fourth-order valence-corrected chi connectivity index (χ4v) is 10.9. The summed E-state index contributed by atoms with van der Waals surface area (Å²) in [4.78, 5) is 15.9. The van der Waals surface area contributed by atoms with Crippen LogP contribution in [0, 0.1) is 0 Å². The molecule has 0 saturated carbocycles. The Morgan fingerprint density at radius 3 is 1.02 bits per heavy atom. The minimum Gasteiger partial charge on any atom is -0.0882 e. The topological polar surface area (TPSA) is 20.3 Å². The number of amides is 1. The molecule has 0 atom stereocenters. The molecule has 0 aromatic heterocycles. The molecule has 62 heavy (non-hydrogen) atoms. The van der Waals surface area contributed by atoms with Gasteiger partial charge in [-0.1, -0.05) is 114 Å². The van der Waals surface area contributed by atoms with Crippen LogP contribution < -0.4 is 0 Å². The number of unbranched alkanes of at least 4 members (excludes halogenated alkanes) is 26. The molecule has 0 aliphatic rings. The Morgan fingerprint density at radius 2 is 0.629 bits per heavy atom. The van der Waals surface area contributed by atoms with E-state index in [2.05, 4.69) is 112 Å². The summed E-state index contributed by atoms with van der Waals surface area (Å²) in [6, 6.07) is 0. The normalized spacial score (nSPS) is 12.9. The second kappa shape index (κ2) is 50.3. The van der Waals surface area contributed by atoms with Gasteiger partial charge in [0.15, 0.2) is 0 Å². The van der Waals surface area contributed by atoms with Crippen molar-refractivity contribution in [2.75, 3.05) is 38.7 Å². The number of nitrogens with zero attached hydrogens (tertiary/aromatic N) is 1. The molecule has 0 heterocycles. The van der Waals surface area contributed by atoms with Gasteiger partial charge >= 0.3 is 228 Å². The summed E-state index contributed by atoms with van der Waals surface area (Å²) in [6.45, 7) is 14.0. The number of carbonyl (C=O) groups is 1. The van der Waals surface area contributed by atoms with Gasteiger partial charge in [-0.15, -0.1) is 0 Å². The molecule has 3 heteroatoms. The van der Waals surface area contributed by atoms with Gasteiger partial charge in [-0.05, 0) is 51.4 Å². The molecule has 0 aromatic rings. The van der Waals surface area contributed by atoms with Crippen LogP contribution in [0.1, 0.15) is 258 Å². The van der Waals surface area contributed by atoms with E-state index in [-0.39, 0.29) is 0 Å². The molecule has 2 nitrogen and oxygen atoms in total. The first-order chi connectivity index (χ1) is 30.5. The van der Waals surface area contributed by atoms with Crippen molar-refractivity contribution in [3.05, 3.63) is 72.9 Å². The summed E-state index contributed by atoms with van der Waals surface area (Å²) in [5.41, 5.74) is 0. The Hall–Kier alpha value is -1.66. The number of rotatable bonds is 48. The van der Waals surface area contributed by atoms with Gasteiger partial charge in [0.05, 0.1) is 0 Å². The van der Waals surface area contributed by atoms with Crippen molar-refractivity contribution < 1.29 is 4.79 Å². The predicted molar refractivity (Wildman–Crippen MR) is 289 cm³/mol. The van der Waals surface area contributed by atoms with E-state index in [1.807, 2.05) is 0 Å². The molecule has 0 saturated heterocycles. The third kappa shape index (κ3) is 47.8. The maximum atomic E-state index is 13.6. The summed E-state index contributed by atoms with van der Waals surface area (Å²) < 4.78 is 0. The van der Waals surface area contributed by atoms with E-state index in [1.165, 1.54) is 218 Å². The van der Waals surface area contributed by atoms with E-state index in [1.54, 1.807) is 0 Å². The molecule has 0 N–H and O–H groups in total. The van der Waals surface area contributed by atoms with E-state index in [4.69, 9.17) is 0 Å². The minimum atomic E-state index is -1.22. The van der Waals surface area contributed by atoms with Crippen LogP contribution in [0.4, 0.5) is 0 Å². The molecule has 0 rings (SSSR count). The average molecular weight is 881 g/mol. The van der Waals surface area contributed by atoms with Crippen molar-refractivity contribution in [2.45, 2.75) is 258 Å². The maximum absolute atomic E-state index is 13.6. The number of carbonyl (C=O) groups excluding carboxylic acids is 1. The van der Waals surface area contributed by atoms with Crippen LogP contribution in [0.25, 0.3) is 0 Å². The van der Waals surface area contributed by atoms with Gasteiger partial charge in [-0.2, -0.15) is 0 Å². The van der Waals surface area contributed by atoms with Gasteiger partial charge in [0.1, 0.15) is 0 Å². The van der Waals surface area contributed by atoms with Crippen LogP contribution in [0.2, 0.25) is 0 Å². The molecule has 0 radical (unpaired) electrons. The molecule has 0 fully saturated rings. The minimum absolute atomic E-state index is 0.433. The second-order valence-corrected chi connectivity index (χ2v) is 24.9. The zero-order chi connectivity index (χ0) is 45.1. The summed E-state index contributed by atoms with van der Waals surface area (Å²) in [5.74, 6) is 0.433. The van der Waals surface area contributed by atoms with Gasteiger partial charge < -0.3 is 0 Å². The molecule has 0 spiro atoms. The standard InChI is InChI=1S/C59H110NOP/c1-6-9-12-15-18-21-24-27-30-33-36-39-42-45-48-51-55-60(59(61)54-50-47-44-41-38-35-32-29-26-23-20-17-14-11-8-3)56-53-58-62(4,5)57-52-49-46-43-40-37-34-31-28-25-22-19-16-13-10-7-2/h18-23,27-32,62H,6-17,24-26,33-58H2,1-5H3/b21-18-,22-19-,23-20-,30-27-,31-28-,32-29-. The van der Waals surface area contributed by atoms with Gasteiger partial charge in [-0.25, -0.2) is 0 Å². The third-order valence-electron chi connectivity index (χ3n) is 12.7. The van der Waals surface area contributed by atoms with Crippen LogP contribution in [-0.4, -0.2) is 49.6 Å². The van der Waals surface area contributed by atoms with Crippen LogP contribution in [0.15, 0.2) is 72.9 Å². The van der Waals surface area contributed by atoms with Gasteiger partial charge in [0, 0.05) is 0 Å². The number of hydrogen-bond donors (Lipinski definition) is 0. The zero-order valence-corrected chi connectivity index (χ0v) is 43.8. The van der Waals surface area contributed by atoms with Gasteiger partial charge in [0.2, 0.25) is 0 Å². The summed E-state index contributed by atoms with van der Waals surface area (Å²) in [5, 5.41) is 0. The second-order valence-electron chi connectivity index (χ2n) is 19.5. The molecule has 362 valence electrons. The first kappa shape index (κ1) is 60.3. The van der Waals surface area contributed by atoms with E-state index in [9.17, 15) is 4.79 Å². The Kier molecular flexibility index (Phi) is 49.0. The zero-order valence-electron chi connectivity index (χ0n) is 42.8. The Bertz CT molecular complexity index is 1100. The van der Waals surface area contributed by atoms with Crippen molar-refractivity contribution in [3.8, 4) is 0 Å².